The summed E-state index contributed by atoms with van der Waals surface area (Å²) in [7, 11) is 1.97. The Hall–Kier alpha value is -1.13. The molecule has 0 spiro atoms. The van der Waals surface area contributed by atoms with Gasteiger partial charge in [0.25, 0.3) is 0 Å². The van der Waals surface area contributed by atoms with E-state index in [4.69, 9.17) is 4.42 Å². The zero-order valence-electron chi connectivity index (χ0n) is 9.78. The summed E-state index contributed by atoms with van der Waals surface area (Å²) in [5, 5.41) is 4.44. The third kappa shape index (κ3) is 2.33. The molecule has 0 aliphatic rings. The van der Waals surface area contributed by atoms with E-state index in [0.29, 0.717) is 0 Å². The Kier molecular flexibility index (Phi) is 3.41. The van der Waals surface area contributed by atoms with Crippen molar-refractivity contribution in [2.24, 2.45) is 0 Å². The van der Waals surface area contributed by atoms with E-state index in [1.807, 2.05) is 26.1 Å². The minimum absolute atomic E-state index is 0.289. The quantitative estimate of drug-likeness (QED) is 0.887. The molecule has 0 aliphatic heterocycles. The van der Waals surface area contributed by atoms with Crippen molar-refractivity contribution in [2.75, 3.05) is 7.05 Å². The molecule has 0 amide bonds. The second kappa shape index (κ2) is 4.80. The van der Waals surface area contributed by atoms with Crippen molar-refractivity contribution in [3.63, 3.8) is 0 Å². The molecule has 2 heterocycles. The van der Waals surface area contributed by atoms with Gasteiger partial charge in [-0.25, -0.2) is 4.98 Å². The minimum Gasteiger partial charge on any atom is -0.469 e. The first kappa shape index (κ1) is 11.4. The molecule has 2 rings (SSSR count). The maximum Gasteiger partial charge on any atom is 0.105 e. The number of furan rings is 1. The molecule has 86 valence electrons. The lowest BCUT2D eigenvalue weighted by Gasteiger charge is -2.13. The number of likely N-dealkylation sites (N-methyl/N-ethyl adjacent to an activating group) is 1. The highest BCUT2D eigenvalue weighted by Crippen LogP contribution is 2.27. The summed E-state index contributed by atoms with van der Waals surface area (Å²) in [6.07, 6.45) is 2.58. The number of aromatic nitrogens is 1. The summed E-state index contributed by atoms with van der Waals surface area (Å²) in [5.41, 5.74) is 1.12. The summed E-state index contributed by atoms with van der Waals surface area (Å²) in [6, 6.07) is 4.22. The van der Waals surface area contributed by atoms with Crippen molar-refractivity contribution in [3.05, 3.63) is 39.7 Å². The number of aryl methyl sites for hydroxylation is 2. The van der Waals surface area contributed by atoms with Crippen LogP contribution in [0.5, 0.6) is 0 Å². The standard InChI is InChI=1S/C12H16N2OS/c1-8-12(16-9(2)14-8)11(13-3)7-10-5-4-6-15-10/h4-6,11,13H,7H2,1-3H3. The molecule has 2 aromatic rings. The van der Waals surface area contributed by atoms with Crippen LogP contribution in [0.3, 0.4) is 0 Å². The van der Waals surface area contributed by atoms with Crippen LogP contribution in [0.25, 0.3) is 0 Å². The fourth-order valence-electron chi connectivity index (χ4n) is 1.83. The van der Waals surface area contributed by atoms with Crippen LogP contribution in [-0.4, -0.2) is 12.0 Å². The zero-order chi connectivity index (χ0) is 11.5. The SMILES string of the molecule is CNC(Cc1ccco1)c1sc(C)nc1C. The molecular formula is C12H16N2OS. The van der Waals surface area contributed by atoms with Crippen LogP contribution >= 0.6 is 11.3 Å². The Balaban J connectivity index is 2.19. The van der Waals surface area contributed by atoms with Gasteiger partial charge in [0.15, 0.2) is 0 Å². The van der Waals surface area contributed by atoms with Gasteiger partial charge < -0.3 is 9.73 Å². The van der Waals surface area contributed by atoms with E-state index in [-0.39, 0.29) is 6.04 Å². The van der Waals surface area contributed by atoms with Gasteiger partial charge in [0.05, 0.1) is 23.0 Å². The van der Waals surface area contributed by atoms with Gasteiger partial charge in [-0.1, -0.05) is 0 Å². The molecule has 2 aromatic heterocycles. The maximum absolute atomic E-state index is 5.38. The van der Waals surface area contributed by atoms with E-state index in [0.717, 1.165) is 22.9 Å². The van der Waals surface area contributed by atoms with E-state index < -0.39 is 0 Å². The Morgan fingerprint density at radius 3 is 2.81 bits per heavy atom. The van der Waals surface area contributed by atoms with Crippen molar-refractivity contribution >= 4 is 11.3 Å². The van der Waals surface area contributed by atoms with Gasteiger partial charge in [0.1, 0.15) is 5.76 Å². The Morgan fingerprint density at radius 1 is 1.50 bits per heavy atom. The van der Waals surface area contributed by atoms with Gasteiger partial charge >= 0.3 is 0 Å². The highest BCUT2D eigenvalue weighted by Gasteiger charge is 2.17. The van der Waals surface area contributed by atoms with E-state index in [9.17, 15) is 0 Å². The number of thiazole rings is 1. The predicted octanol–water partition coefficient (Wildman–Crippen LogP) is 2.86. The molecule has 0 aromatic carbocycles. The van der Waals surface area contributed by atoms with Gasteiger partial charge in [-0.05, 0) is 33.0 Å². The number of hydrogen-bond acceptors (Lipinski definition) is 4. The van der Waals surface area contributed by atoms with Gasteiger partial charge in [0.2, 0.25) is 0 Å². The van der Waals surface area contributed by atoms with Crippen molar-refractivity contribution in [3.8, 4) is 0 Å². The maximum atomic E-state index is 5.38. The molecule has 0 radical (unpaired) electrons. The van der Waals surface area contributed by atoms with Gasteiger partial charge in [-0.15, -0.1) is 11.3 Å². The van der Waals surface area contributed by atoms with Crippen LogP contribution in [0.1, 0.15) is 27.4 Å². The van der Waals surface area contributed by atoms with Crippen LogP contribution in [-0.2, 0) is 6.42 Å². The molecule has 0 bridgehead atoms. The monoisotopic (exact) mass is 236 g/mol. The molecular weight excluding hydrogens is 220 g/mol. The topological polar surface area (TPSA) is 38.1 Å². The predicted molar refractivity (Wildman–Crippen MR) is 65.8 cm³/mol. The van der Waals surface area contributed by atoms with E-state index in [1.54, 1.807) is 17.6 Å². The van der Waals surface area contributed by atoms with Crippen LogP contribution in [0.15, 0.2) is 22.8 Å². The average molecular weight is 236 g/mol. The summed E-state index contributed by atoms with van der Waals surface area (Å²) >= 11 is 1.75. The Morgan fingerprint density at radius 2 is 2.31 bits per heavy atom. The third-order valence-electron chi connectivity index (χ3n) is 2.59. The lowest BCUT2D eigenvalue weighted by Crippen LogP contribution is -2.18. The minimum atomic E-state index is 0.289. The van der Waals surface area contributed by atoms with E-state index >= 15 is 0 Å². The molecule has 4 heteroatoms. The van der Waals surface area contributed by atoms with Crippen LogP contribution < -0.4 is 5.32 Å². The molecule has 1 unspecified atom stereocenters. The normalized spacial score (nSPS) is 12.9. The van der Waals surface area contributed by atoms with Crippen molar-refractivity contribution in [1.82, 2.24) is 10.3 Å². The first-order valence-electron chi connectivity index (χ1n) is 5.34. The van der Waals surface area contributed by atoms with E-state index in [1.165, 1.54) is 4.88 Å². The number of hydrogen-bond donors (Lipinski definition) is 1. The van der Waals surface area contributed by atoms with Gasteiger partial charge in [-0.3, -0.25) is 0 Å². The Labute approximate surface area is 99.5 Å². The highest BCUT2D eigenvalue weighted by molar-refractivity contribution is 7.11. The summed E-state index contributed by atoms with van der Waals surface area (Å²) in [5.74, 6) is 1.00. The molecule has 0 aliphatic carbocycles. The second-order valence-corrected chi connectivity index (χ2v) is 5.04. The molecule has 3 nitrogen and oxygen atoms in total. The number of rotatable bonds is 4. The summed E-state index contributed by atoms with van der Waals surface area (Å²) in [4.78, 5) is 5.76. The Bertz CT molecular complexity index is 448. The average Bonchev–Trinajstić information content (AvgIpc) is 2.85. The molecule has 1 N–H and O–H groups in total. The summed E-state index contributed by atoms with van der Waals surface area (Å²) in [6.45, 7) is 4.10. The second-order valence-electron chi connectivity index (χ2n) is 3.81. The van der Waals surface area contributed by atoms with Crippen molar-refractivity contribution in [1.29, 1.82) is 0 Å². The zero-order valence-corrected chi connectivity index (χ0v) is 10.6. The van der Waals surface area contributed by atoms with Crippen LogP contribution in [0.2, 0.25) is 0 Å². The largest absolute Gasteiger partial charge is 0.469 e. The fraction of sp³-hybridized carbons (Fsp3) is 0.417. The molecule has 0 saturated carbocycles. The molecule has 16 heavy (non-hydrogen) atoms. The smallest absolute Gasteiger partial charge is 0.105 e. The first-order valence-corrected chi connectivity index (χ1v) is 6.16. The first-order chi connectivity index (χ1) is 7.70. The molecule has 1 atom stereocenters. The van der Waals surface area contributed by atoms with Gasteiger partial charge in [-0.2, -0.15) is 0 Å². The lowest BCUT2D eigenvalue weighted by atomic mass is 10.1. The van der Waals surface area contributed by atoms with Crippen molar-refractivity contribution in [2.45, 2.75) is 26.3 Å². The summed E-state index contributed by atoms with van der Waals surface area (Å²) < 4.78 is 5.38. The third-order valence-corrected chi connectivity index (χ3v) is 3.78. The van der Waals surface area contributed by atoms with Gasteiger partial charge in [0, 0.05) is 11.3 Å². The molecule has 0 fully saturated rings. The number of nitrogens with zero attached hydrogens (tertiary/aromatic N) is 1. The lowest BCUT2D eigenvalue weighted by molar-refractivity contribution is 0.468. The van der Waals surface area contributed by atoms with Crippen LogP contribution in [0, 0.1) is 13.8 Å². The highest BCUT2D eigenvalue weighted by atomic mass is 32.1. The van der Waals surface area contributed by atoms with Crippen LogP contribution in [0.4, 0.5) is 0 Å². The fourth-order valence-corrected chi connectivity index (χ4v) is 2.86. The molecule has 0 saturated heterocycles. The van der Waals surface area contributed by atoms with E-state index in [2.05, 4.69) is 17.2 Å². The van der Waals surface area contributed by atoms with Crippen molar-refractivity contribution < 1.29 is 4.42 Å². The number of nitrogens with one attached hydrogen (secondary N) is 1.